The average molecular weight is 243 g/mol. The second-order valence-electron chi connectivity index (χ2n) is 3.51. The highest BCUT2D eigenvalue weighted by Gasteiger charge is 2.14. The molecule has 0 saturated heterocycles. The number of carbonyl (C=O) groups excluding carboxylic acids is 1. The molecule has 0 aliphatic heterocycles. The summed E-state index contributed by atoms with van der Waals surface area (Å²) in [4.78, 5) is 11.3. The Bertz CT molecular complexity index is 365. The van der Waals surface area contributed by atoms with Crippen LogP contribution in [0.15, 0.2) is 10.5 Å². The molecule has 0 aliphatic carbocycles. The van der Waals surface area contributed by atoms with E-state index in [9.17, 15) is 4.79 Å². The molecule has 1 unspecified atom stereocenters. The number of carbonyl (C=O) groups is 1. The first-order valence-corrected chi connectivity index (χ1v) is 6.05. The zero-order valence-electron chi connectivity index (χ0n) is 9.45. The van der Waals surface area contributed by atoms with Crippen molar-refractivity contribution in [2.45, 2.75) is 24.9 Å². The minimum Gasteiger partial charge on any atom is -0.465 e. The SMILES string of the molecule is Cc1oc(CSC(C)CN)cc1C(=O)NN. The van der Waals surface area contributed by atoms with E-state index >= 15 is 0 Å². The van der Waals surface area contributed by atoms with Gasteiger partial charge in [-0.1, -0.05) is 6.92 Å². The normalized spacial score (nSPS) is 12.5. The predicted octanol–water partition coefficient (Wildman–Crippen LogP) is 0.772. The van der Waals surface area contributed by atoms with Gasteiger partial charge in [-0.3, -0.25) is 10.2 Å². The summed E-state index contributed by atoms with van der Waals surface area (Å²) >= 11 is 1.69. The number of aryl methyl sites for hydroxylation is 1. The van der Waals surface area contributed by atoms with Gasteiger partial charge in [0.2, 0.25) is 0 Å². The minimum atomic E-state index is -0.329. The van der Waals surface area contributed by atoms with Crippen molar-refractivity contribution in [3.8, 4) is 0 Å². The molecule has 0 saturated carbocycles. The van der Waals surface area contributed by atoms with Crippen LogP contribution < -0.4 is 17.0 Å². The van der Waals surface area contributed by atoms with Crippen LogP contribution in [0.25, 0.3) is 0 Å². The third kappa shape index (κ3) is 3.26. The Kier molecular flexibility index (Phi) is 4.85. The number of nitrogens with two attached hydrogens (primary N) is 2. The second kappa shape index (κ2) is 5.93. The van der Waals surface area contributed by atoms with Gasteiger partial charge >= 0.3 is 0 Å². The summed E-state index contributed by atoms with van der Waals surface area (Å²) in [6.07, 6.45) is 0. The highest BCUT2D eigenvalue weighted by atomic mass is 32.2. The molecule has 0 aromatic carbocycles. The van der Waals surface area contributed by atoms with Crippen molar-refractivity contribution in [1.82, 2.24) is 5.43 Å². The van der Waals surface area contributed by atoms with Crippen molar-refractivity contribution >= 4 is 17.7 Å². The summed E-state index contributed by atoms with van der Waals surface area (Å²) in [5.74, 6) is 6.79. The second-order valence-corrected chi connectivity index (χ2v) is 4.94. The lowest BCUT2D eigenvalue weighted by Gasteiger charge is -2.05. The summed E-state index contributed by atoms with van der Waals surface area (Å²) in [7, 11) is 0. The maximum atomic E-state index is 11.3. The Hall–Kier alpha value is -0.980. The molecule has 5 nitrogen and oxygen atoms in total. The standard InChI is InChI=1S/C10H17N3O2S/c1-6(4-11)16-5-8-3-9(7(2)15-8)10(14)13-12/h3,6H,4-5,11-12H2,1-2H3,(H,13,14). The van der Waals surface area contributed by atoms with Gasteiger partial charge in [0.15, 0.2) is 0 Å². The van der Waals surface area contributed by atoms with Crippen LogP contribution in [0.5, 0.6) is 0 Å². The van der Waals surface area contributed by atoms with Crippen LogP contribution in [0.4, 0.5) is 0 Å². The molecule has 90 valence electrons. The van der Waals surface area contributed by atoms with Crippen molar-refractivity contribution in [2.24, 2.45) is 11.6 Å². The first-order valence-electron chi connectivity index (χ1n) is 5.00. The molecule has 6 heteroatoms. The smallest absolute Gasteiger partial charge is 0.268 e. The van der Waals surface area contributed by atoms with Crippen LogP contribution in [-0.4, -0.2) is 17.7 Å². The number of rotatable bonds is 5. The number of nitrogen functional groups attached to an aromatic ring is 1. The van der Waals surface area contributed by atoms with Gasteiger partial charge in [-0.05, 0) is 13.0 Å². The fraction of sp³-hybridized carbons (Fsp3) is 0.500. The van der Waals surface area contributed by atoms with Gasteiger partial charge < -0.3 is 10.2 Å². The van der Waals surface area contributed by atoms with Crippen LogP contribution in [-0.2, 0) is 5.75 Å². The summed E-state index contributed by atoms with van der Waals surface area (Å²) in [6, 6.07) is 1.72. The topological polar surface area (TPSA) is 94.3 Å². The number of nitrogens with one attached hydrogen (secondary N) is 1. The van der Waals surface area contributed by atoms with E-state index in [-0.39, 0.29) is 5.91 Å². The van der Waals surface area contributed by atoms with Gasteiger partial charge in [0.1, 0.15) is 11.5 Å². The monoisotopic (exact) mass is 243 g/mol. The molecule has 1 aromatic heterocycles. The van der Waals surface area contributed by atoms with Crippen LogP contribution in [0.3, 0.4) is 0 Å². The molecular weight excluding hydrogens is 226 g/mol. The van der Waals surface area contributed by atoms with Crippen LogP contribution in [0.1, 0.15) is 28.8 Å². The van der Waals surface area contributed by atoms with E-state index < -0.39 is 0 Å². The predicted molar refractivity (Wildman–Crippen MR) is 64.9 cm³/mol. The van der Waals surface area contributed by atoms with E-state index in [1.54, 1.807) is 24.8 Å². The number of hydrazine groups is 1. The number of amides is 1. The first-order chi connectivity index (χ1) is 7.58. The molecule has 16 heavy (non-hydrogen) atoms. The lowest BCUT2D eigenvalue weighted by Crippen LogP contribution is -2.30. The van der Waals surface area contributed by atoms with Gasteiger partial charge in [0.05, 0.1) is 11.3 Å². The molecule has 1 heterocycles. The van der Waals surface area contributed by atoms with Crippen molar-refractivity contribution in [3.05, 3.63) is 23.2 Å². The quantitative estimate of drug-likeness (QED) is 0.403. The molecule has 1 amide bonds. The molecule has 0 bridgehead atoms. The fourth-order valence-corrected chi connectivity index (χ4v) is 1.94. The van der Waals surface area contributed by atoms with Gasteiger partial charge in [0.25, 0.3) is 5.91 Å². The highest BCUT2D eigenvalue weighted by molar-refractivity contribution is 7.99. The molecule has 0 radical (unpaired) electrons. The van der Waals surface area contributed by atoms with Gasteiger partial charge in [-0.25, -0.2) is 5.84 Å². The van der Waals surface area contributed by atoms with Crippen LogP contribution in [0, 0.1) is 6.92 Å². The van der Waals surface area contributed by atoms with Crippen molar-refractivity contribution in [3.63, 3.8) is 0 Å². The molecule has 1 atom stereocenters. The molecule has 0 fully saturated rings. The summed E-state index contributed by atoms with van der Waals surface area (Å²) in [5, 5.41) is 0.372. The van der Waals surface area contributed by atoms with E-state index in [1.165, 1.54) is 0 Å². The van der Waals surface area contributed by atoms with Gasteiger partial charge in [-0.15, -0.1) is 11.8 Å². The molecule has 0 aliphatic rings. The van der Waals surface area contributed by atoms with E-state index in [0.717, 1.165) is 5.76 Å². The first kappa shape index (κ1) is 13.1. The molecule has 1 rings (SSSR count). The Morgan fingerprint density at radius 3 is 2.94 bits per heavy atom. The lowest BCUT2D eigenvalue weighted by molar-refractivity contribution is 0.0952. The van der Waals surface area contributed by atoms with Gasteiger partial charge in [-0.2, -0.15) is 0 Å². The Morgan fingerprint density at radius 1 is 1.69 bits per heavy atom. The Labute approximate surface area is 98.9 Å². The van der Waals surface area contributed by atoms with E-state index in [1.807, 2.05) is 6.92 Å². The minimum absolute atomic E-state index is 0.329. The zero-order valence-corrected chi connectivity index (χ0v) is 10.3. The summed E-state index contributed by atoms with van der Waals surface area (Å²) in [5.41, 5.74) is 8.08. The number of hydrogen-bond donors (Lipinski definition) is 3. The molecule has 0 spiro atoms. The number of furan rings is 1. The third-order valence-electron chi connectivity index (χ3n) is 2.19. The largest absolute Gasteiger partial charge is 0.465 e. The Balaban J connectivity index is 2.66. The molecule has 1 aromatic rings. The highest BCUT2D eigenvalue weighted by Crippen LogP contribution is 2.21. The molecular formula is C10H17N3O2S. The molecule has 5 N–H and O–H groups in total. The van der Waals surface area contributed by atoms with E-state index in [4.69, 9.17) is 16.0 Å². The van der Waals surface area contributed by atoms with Gasteiger partial charge in [0, 0.05) is 11.8 Å². The lowest BCUT2D eigenvalue weighted by atomic mass is 10.2. The number of hydrogen-bond acceptors (Lipinski definition) is 5. The van der Waals surface area contributed by atoms with E-state index in [2.05, 4.69) is 5.43 Å². The summed E-state index contributed by atoms with van der Waals surface area (Å²) < 4.78 is 5.45. The van der Waals surface area contributed by atoms with Crippen LogP contribution in [0.2, 0.25) is 0 Å². The van der Waals surface area contributed by atoms with Crippen molar-refractivity contribution < 1.29 is 9.21 Å². The third-order valence-corrected chi connectivity index (χ3v) is 3.40. The fourth-order valence-electron chi connectivity index (χ4n) is 1.21. The maximum Gasteiger partial charge on any atom is 0.268 e. The maximum absolute atomic E-state index is 11.3. The van der Waals surface area contributed by atoms with E-state index in [0.29, 0.717) is 28.9 Å². The van der Waals surface area contributed by atoms with Crippen LogP contribution >= 0.6 is 11.8 Å². The average Bonchev–Trinajstić information content (AvgIpc) is 2.66. The summed E-state index contributed by atoms with van der Waals surface area (Å²) in [6.45, 7) is 4.42. The number of thioether (sulfide) groups is 1. The Morgan fingerprint density at radius 2 is 2.38 bits per heavy atom. The zero-order chi connectivity index (χ0) is 12.1. The van der Waals surface area contributed by atoms with Crippen molar-refractivity contribution in [1.29, 1.82) is 0 Å². The van der Waals surface area contributed by atoms with Crippen molar-refractivity contribution in [2.75, 3.05) is 6.54 Å².